The minimum atomic E-state index is -0.586. The van der Waals surface area contributed by atoms with Crippen LogP contribution in [-0.4, -0.2) is 36.4 Å². The lowest BCUT2D eigenvalue weighted by Gasteiger charge is -2.24. The molecule has 1 fully saturated rings. The Labute approximate surface area is 168 Å². The largest absolute Gasteiger partial charge is 0.466 e. The number of alkyl carbamates (subject to hydrolysis) is 1. The highest BCUT2D eigenvalue weighted by atomic mass is 16.7. The van der Waals surface area contributed by atoms with Crippen molar-refractivity contribution in [2.24, 2.45) is 11.8 Å². The molecule has 0 aromatic rings. The standard InChI is InChI=1S/C21H36N2O5/c1-7-10-13(11-8-2)17-16-15(22-20(25)27-21(4,5)6)12-14(18(16)28-23-17)19(24)26-9-3/h13-15,18,23H,7-12H2,1-6H3,(H,22,25)/t14-,15+,18+/m0/s1. The van der Waals surface area contributed by atoms with Gasteiger partial charge in [-0.15, -0.1) is 0 Å². The first-order valence-electron chi connectivity index (χ1n) is 10.5. The molecule has 0 aromatic heterocycles. The number of nitrogens with one attached hydrogen (secondary N) is 2. The summed E-state index contributed by atoms with van der Waals surface area (Å²) in [7, 11) is 0. The molecular weight excluding hydrogens is 360 g/mol. The summed E-state index contributed by atoms with van der Waals surface area (Å²) in [5.41, 5.74) is 4.48. The maximum absolute atomic E-state index is 12.5. The van der Waals surface area contributed by atoms with Crippen molar-refractivity contribution in [1.82, 2.24) is 10.8 Å². The molecule has 3 atom stereocenters. The van der Waals surface area contributed by atoms with Crippen LogP contribution >= 0.6 is 0 Å². The molecule has 0 aromatic carbocycles. The van der Waals surface area contributed by atoms with E-state index in [0.717, 1.165) is 37.0 Å². The van der Waals surface area contributed by atoms with Crippen LogP contribution in [0.3, 0.4) is 0 Å². The zero-order valence-electron chi connectivity index (χ0n) is 18.1. The Kier molecular flexibility index (Phi) is 7.75. The number of fused-ring (bicyclic) bond motifs is 1. The lowest BCUT2D eigenvalue weighted by molar-refractivity contribution is -0.152. The molecule has 1 saturated carbocycles. The lowest BCUT2D eigenvalue weighted by Crippen LogP contribution is -2.39. The molecule has 7 heteroatoms. The van der Waals surface area contributed by atoms with Crippen molar-refractivity contribution < 1.29 is 23.9 Å². The highest BCUT2D eigenvalue weighted by Gasteiger charge is 2.50. The number of rotatable bonds is 8. The van der Waals surface area contributed by atoms with Crippen LogP contribution in [0.5, 0.6) is 0 Å². The summed E-state index contributed by atoms with van der Waals surface area (Å²) in [5.74, 6) is -0.410. The van der Waals surface area contributed by atoms with E-state index in [1.54, 1.807) is 6.92 Å². The van der Waals surface area contributed by atoms with Crippen LogP contribution in [0.15, 0.2) is 11.3 Å². The van der Waals surface area contributed by atoms with Crippen molar-refractivity contribution in [3.8, 4) is 0 Å². The van der Waals surface area contributed by atoms with E-state index in [-0.39, 0.29) is 12.0 Å². The van der Waals surface area contributed by atoms with E-state index in [1.165, 1.54) is 0 Å². The molecule has 1 amide bonds. The second-order valence-electron chi connectivity index (χ2n) is 8.58. The number of hydrogen-bond acceptors (Lipinski definition) is 6. The van der Waals surface area contributed by atoms with Crippen LogP contribution in [0, 0.1) is 11.8 Å². The molecular formula is C21H36N2O5. The summed E-state index contributed by atoms with van der Waals surface area (Å²) in [6, 6.07) is -0.310. The molecule has 2 aliphatic rings. The van der Waals surface area contributed by atoms with Crippen LogP contribution in [-0.2, 0) is 19.1 Å². The Morgan fingerprint density at radius 3 is 2.39 bits per heavy atom. The van der Waals surface area contributed by atoms with Gasteiger partial charge in [-0.3, -0.25) is 15.1 Å². The van der Waals surface area contributed by atoms with Gasteiger partial charge in [0.05, 0.1) is 18.6 Å². The van der Waals surface area contributed by atoms with Gasteiger partial charge in [0.1, 0.15) is 11.7 Å². The molecule has 1 aliphatic heterocycles. The summed E-state index contributed by atoms with van der Waals surface area (Å²) in [6.07, 6.45) is 3.72. The fourth-order valence-electron chi connectivity index (χ4n) is 4.10. The summed E-state index contributed by atoms with van der Waals surface area (Å²) < 4.78 is 10.7. The van der Waals surface area contributed by atoms with Crippen molar-refractivity contribution in [2.45, 2.75) is 91.4 Å². The average Bonchev–Trinajstić information content (AvgIpc) is 3.14. The maximum Gasteiger partial charge on any atom is 0.408 e. The third-order valence-electron chi connectivity index (χ3n) is 5.11. The summed E-state index contributed by atoms with van der Waals surface area (Å²) in [6.45, 7) is 11.9. The van der Waals surface area contributed by atoms with Crippen LogP contribution in [0.25, 0.3) is 0 Å². The minimum absolute atomic E-state index is 0.288. The highest BCUT2D eigenvalue weighted by Crippen LogP contribution is 2.42. The van der Waals surface area contributed by atoms with Gasteiger partial charge in [-0.25, -0.2) is 4.79 Å². The van der Waals surface area contributed by atoms with E-state index >= 15 is 0 Å². The van der Waals surface area contributed by atoms with Gasteiger partial charge < -0.3 is 14.8 Å². The van der Waals surface area contributed by atoms with Gasteiger partial charge in [0.25, 0.3) is 0 Å². The van der Waals surface area contributed by atoms with E-state index in [1.807, 2.05) is 20.8 Å². The second-order valence-corrected chi connectivity index (χ2v) is 8.58. The van der Waals surface area contributed by atoms with Gasteiger partial charge in [0.15, 0.2) is 0 Å². The normalized spacial score (nSPS) is 24.2. The Bertz CT molecular complexity index is 590. The number of carbonyl (C=O) groups is 2. The molecule has 0 bridgehead atoms. The molecule has 1 heterocycles. The molecule has 0 unspecified atom stereocenters. The zero-order chi connectivity index (χ0) is 20.9. The molecule has 1 aliphatic carbocycles. The maximum atomic E-state index is 12.5. The van der Waals surface area contributed by atoms with E-state index in [2.05, 4.69) is 24.6 Å². The molecule has 7 nitrogen and oxygen atoms in total. The van der Waals surface area contributed by atoms with Gasteiger partial charge >= 0.3 is 12.1 Å². The molecule has 0 spiro atoms. The average molecular weight is 397 g/mol. The number of carbonyl (C=O) groups excluding carboxylic acids is 2. The molecule has 2 N–H and O–H groups in total. The Hall–Kier alpha value is -1.76. The third-order valence-corrected chi connectivity index (χ3v) is 5.11. The summed E-state index contributed by atoms with van der Waals surface area (Å²) >= 11 is 0. The topological polar surface area (TPSA) is 85.9 Å². The third kappa shape index (κ3) is 5.40. The van der Waals surface area contributed by atoms with Crippen molar-refractivity contribution in [3.63, 3.8) is 0 Å². The quantitative estimate of drug-likeness (QED) is 0.607. The van der Waals surface area contributed by atoms with Crippen LogP contribution < -0.4 is 10.8 Å². The lowest BCUT2D eigenvalue weighted by atomic mass is 9.90. The van der Waals surface area contributed by atoms with Crippen LogP contribution in [0.4, 0.5) is 4.79 Å². The molecule has 0 radical (unpaired) electrons. The zero-order valence-corrected chi connectivity index (χ0v) is 18.1. The predicted molar refractivity (Wildman–Crippen MR) is 106 cm³/mol. The summed E-state index contributed by atoms with van der Waals surface area (Å²) in [5, 5.41) is 2.96. The first-order chi connectivity index (χ1) is 13.2. The highest BCUT2D eigenvalue weighted by molar-refractivity contribution is 5.76. The van der Waals surface area contributed by atoms with Crippen LogP contribution in [0.1, 0.15) is 73.6 Å². The van der Waals surface area contributed by atoms with Crippen LogP contribution in [0.2, 0.25) is 0 Å². The predicted octanol–water partition coefficient (Wildman–Crippen LogP) is 3.84. The Morgan fingerprint density at radius 2 is 1.86 bits per heavy atom. The molecule has 160 valence electrons. The minimum Gasteiger partial charge on any atom is -0.466 e. The van der Waals surface area contributed by atoms with Crippen molar-refractivity contribution in [3.05, 3.63) is 11.3 Å². The monoisotopic (exact) mass is 396 g/mol. The fraction of sp³-hybridized carbons (Fsp3) is 0.810. The first kappa shape index (κ1) is 22.5. The first-order valence-corrected chi connectivity index (χ1v) is 10.5. The number of ether oxygens (including phenoxy) is 2. The van der Waals surface area contributed by atoms with E-state index in [9.17, 15) is 9.59 Å². The van der Waals surface area contributed by atoms with E-state index in [4.69, 9.17) is 14.3 Å². The molecule has 0 saturated heterocycles. The van der Waals surface area contributed by atoms with Crippen molar-refractivity contribution in [2.75, 3.05) is 6.61 Å². The van der Waals surface area contributed by atoms with Gasteiger partial charge in [-0.2, -0.15) is 0 Å². The number of hydrogen-bond donors (Lipinski definition) is 2. The van der Waals surface area contributed by atoms with E-state index < -0.39 is 23.7 Å². The summed E-state index contributed by atoms with van der Waals surface area (Å²) in [4.78, 5) is 30.7. The Balaban J connectivity index is 2.30. The molecule has 28 heavy (non-hydrogen) atoms. The number of amides is 1. The van der Waals surface area contributed by atoms with Gasteiger partial charge in [-0.05, 0) is 47.0 Å². The Morgan fingerprint density at radius 1 is 1.21 bits per heavy atom. The number of esters is 1. The van der Waals surface area contributed by atoms with Gasteiger partial charge in [0.2, 0.25) is 0 Å². The van der Waals surface area contributed by atoms with Gasteiger partial charge in [0, 0.05) is 17.2 Å². The van der Waals surface area contributed by atoms with E-state index in [0.29, 0.717) is 18.9 Å². The number of hydroxylamine groups is 1. The second kappa shape index (κ2) is 9.63. The SMILES string of the molecule is CCCC(CCC)C1=C2[C@H](NC(=O)OC(C)(C)C)C[C@H](C(=O)OCC)[C@H]2ON1. The molecule has 2 rings (SSSR count). The van der Waals surface area contributed by atoms with Crippen molar-refractivity contribution >= 4 is 12.1 Å². The van der Waals surface area contributed by atoms with Crippen molar-refractivity contribution in [1.29, 1.82) is 0 Å². The number of allylic oxidation sites excluding steroid dienone is 1. The fourth-order valence-corrected chi connectivity index (χ4v) is 4.10. The smallest absolute Gasteiger partial charge is 0.408 e. The van der Waals surface area contributed by atoms with Gasteiger partial charge in [-0.1, -0.05) is 26.7 Å².